The van der Waals surface area contributed by atoms with E-state index in [0.717, 1.165) is 31.3 Å². The van der Waals surface area contributed by atoms with Crippen molar-refractivity contribution >= 4 is 11.6 Å². The van der Waals surface area contributed by atoms with Crippen LogP contribution in [0.4, 0.5) is 0 Å². The van der Waals surface area contributed by atoms with Crippen LogP contribution < -0.4 is 0 Å². The highest BCUT2D eigenvalue weighted by Crippen LogP contribution is 2.69. The smallest absolute Gasteiger partial charge is 0.187 e. The van der Waals surface area contributed by atoms with Gasteiger partial charge in [0.1, 0.15) is 18.0 Å². The maximum absolute atomic E-state index is 13.5. The minimum absolute atomic E-state index is 0.0276. The van der Waals surface area contributed by atoms with Crippen LogP contribution in [0.15, 0.2) is 11.6 Å². The van der Waals surface area contributed by atoms with Crippen LogP contribution in [0.2, 0.25) is 0 Å². The van der Waals surface area contributed by atoms with Crippen molar-refractivity contribution in [1.29, 1.82) is 0 Å². The summed E-state index contributed by atoms with van der Waals surface area (Å²) < 4.78 is 18.0. The number of epoxide rings is 1. The molecule has 0 aromatic rings. The number of hydrogen-bond donors (Lipinski definition) is 0. The van der Waals surface area contributed by atoms with Gasteiger partial charge in [0.25, 0.3) is 0 Å². The Morgan fingerprint density at radius 3 is 2.65 bits per heavy atom. The van der Waals surface area contributed by atoms with Crippen molar-refractivity contribution in [2.45, 2.75) is 63.9 Å². The molecule has 0 aromatic heterocycles. The number of fused-ring (bicyclic) bond motifs is 8. The number of ether oxygens (including phenoxy) is 3. The molecule has 4 aliphatic carbocycles. The van der Waals surface area contributed by atoms with E-state index in [-0.39, 0.29) is 34.7 Å². The molecule has 1 unspecified atom stereocenters. The highest BCUT2D eigenvalue weighted by atomic mass is 16.7. The molecule has 3 saturated carbocycles. The highest BCUT2D eigenvalue weighted by molar-refractivity contribution is 5.99. The minimum atomic E-state index is -0.559. The summed E-state index contributed by atoms with van der Waals surface area (Å²) in [5, 5.41) is 0. The van der Waals surface area contributed by atoms with Gasteiger partial charge in [0.15, 0.2) is 11.6 Å². The standard InChI is InChI=1S/C21H26O5/c1-19-10-15(23)16-12(13(19)5-6-21(19)24-7-8-25-21)4-3-11-9-14(22)17-18(26-17)20(11,16)2/h9,12-13,16-18H,3-8,10H2,1-2H3/t12-,13-,16+,17-,18?,19-,20-/m0/s1. The zero-order valence-corrected chi connectivity index (χ0v) is 15.5. The monoisotopic (exact) mass is 358 g/mol. The van der Waals surface area contributed by atoms with E-state index in [0.29, 0.717) is 37.3 Å². The lowest BCUT2D eigenvalue weighted by atomic mass is 9.46. The van der Waals surface area contributed by atoms with Crippen molar-refractivity contribution < 1.29 is 23.8 Å². The SMILES string of the molecule is C[C@]12CC(=O)[C@H]3[C@@H](CCC4=CC(=O)[C@@H]5OC5[C@@]43C)[C@@H]1CCC21OCCO1. The van der Waals surface area contributed by atoms with Gasteiger partial charge in [-0.05, 0) is 37.2 Å². The lowest BCUT2D eigenvalue weighted by Gasteiger charge is -2.57. The molecular weight excluding hydrogens is 332 g/mol. The average molecular weight is 358 g/mol. The first-order chi connectivity index (χ1) is 12.4. The molecule has 2 heterocycles. The Labute approximate surface area is 153 Å². The zero-order chi connectivity index (χ0) is 17.9. The molecule has 7 atom stereocenters. The van der Waals surface area contributed by atoms with Crippen LogP contribution in [-0.4, -0.2) is 42.8 Å². The number of Topliss-reactive ketones (excluding diaryl/α,β-unsaturated/α-hetero) is 1. The van der Waals surface area contributed by atoms with E-state index in [2.05, 4.69) is 13.8 Å². The van der Waals surface area contributed by atoms with Crippen LogP contribution in [-0.2, 0) is 23.8 Å². The van der Waals surface area contributed by atoms with Crippen LogP contribution in [0.25, 0.3) is 0 Å². The van der Waals surface area contributed by atoms with Crippen LogP contribution in [0.3, 0.4) is 0 Å². The number of carbonyl (C=O) groups is 2. The maximum Gasteiger partial charge on any atom is 0.187 e. The van der Waals surface area contributed by atoms with E-state index in [9.17, 15) is 9.59 Å². The van der Waals surface area contributed by atoms with Crippen molar-refractivity contribution in [3.63, 3.8) is 0 Å². The number of hydrogen-bond acceptors (Lipinski definition) is 5. The van der Waals surface area contributed by atoms with Crippen LogP contribution in [0.1, 0.15) is 46.0 Å². The van der Waals surface area contributed by atoms with Crippen LogP contribution in [0, 0.1) is 28.6 Å². The summed E-state index contributed by atoms with van der Waals surface area (Å²) in [6.07, 6.45) is 5.77. The topological polar surface area (TPSA) is 65.1 Å². The van der Waals surface area contributed by atoms with E-state index in [1.807, 2.05) is 0 Å². The maximum atomic E-state index is 13.5. The van der Waals surface area contributed by atoms with E-state index in [4.69, 9.17) is 14.2 Å². The van der Waals surface area contributed by atoms with Crippen molar-refractivity contribution in [3.05, 3.63) is 11.6 Å². The van der Waals surface area contributed by atoms with Gasteiger partial charge in [0.05, 0.1) is 13.2 Å². The Morgan fingerprint density at radius 2 is 1.88 bits per heavy atom. The van der Waals surface area contributed by atoms with Crippen molar-refractivity contribution in [2.24, 2.45) is 28.6 Å². The normalized spacial score (nSPS) is 53.6. The molecule has 5 heteroatoms. The fourth-order valence-electron chi connectivity index (χ4n) is 7.62. The second kappa shape index (κ2) is 4.68. The van der Waals surface area contributed by atoms with E-state index < -0.39 is 5.79 Å². The molecule has 5 fully saturated rings. The summed E-state index contributed by atoms with van der Waals surface area (Å²) in [5.41, 5.74) is 0.626. The molecule has 26 heavy (non-hydrogen) atoms. The molecule has 0 amide bonds. The van der Waals surface area contributed by atoms with Crippen LogP contribution >= 0.6 is 0 Å². The summed E-state index contributed by atoms with van der Waals surface area (Å²) in [6, 6.07) is 0. The Morgan fingerprint density at radius 1 is 1.12 bits per heavy atom. The molecule has 2 aliphatic heterocycles. The van der Waals surface area contributed by atoms with E-state index in [1.54, 1.807) is 6.08 Å². The Bertz CT molecular complexity index is 750. The molecule has 140 valence electrons. The van der Waals surface area contributed by atoms with Crippen molar-refractivity contribution in [1.82, 2.24) is 0 Å². The van der Waals surface area contributed by atoms with Gasteiger partial charge in [0.2, 0.25) is 0 Å². The van der Waals surface area contributed by atoms with Gasteiger partial charge in [-0.3, -0.25) is 9.59 Å². The molecule has 2 saturated heterocycles. The fourth-order valence-corrected chi connectivity index (χ4v) is 7.62. The molecular formula is C21H26O5. The second-order valence-electron chi connectivity index (χ2n) is 9.67. The van der Waals surface area contributed by atoms with Gasteiger partial charge in [-0.25, -0.2) is 0 Å². The lowest BCUT2D eigenvalue weighted by Crippen LogP contribution is -2.60. The molecule has 6 aliphatic rings. The van der Waals surface area contributed by atoms with Gasteiger partial charge in [0, 0.05) is 29.6 Å². The van der Waals surface area contributed by atoms with E-state index in [1.165, 1.54) is 0 Å². The minimum Gasteiger partial charge on any atom is -0.360 e. The van der Waals surface area contributed by atoms with Gasteiger partial charge in [-0.1, -0.05) is 19.4 Å². The molecule has 0 N–H and O–H groups in total. The van der Waals surface area contributed by atoms with Crippen molar-refractivity contribution in [3.8, 4) is 0 Å². The average Bonchev–Trinajstić information content (AvgIpc) is 3.20. The van der Waals surface area contributed by atoms with Crippen molar-refractivity contribution in [2.75, 3.05) is 13.2 Å². The quantitative estimate of drug-likeness (QED) is 0.622. The molecule has 6 rings (SSSR count). The fraction of sp³-hybridized carbons (Fsp3) is 0.810. The second-order valence-corrected chi connectivity index (χ2v) is 9.67. The lowest BCUT2D eigenvalue weighted by molar-refractivity contribution is -0.239. The third-order valence-corrected chi connectivity index (χ3v) is 8.82. The number of rotatable bonds is 0. The Kier molecular flexibility index (Phi) is 2.87. The van der Waals surface area contributed by atoms with Gasteiger partial charge < -0.3 is 14.2 Å². The first-order valence-corrected chi connectivity index (χ1v) is 10.1. The predicted octanol–water partition coefficient (Wildman–Crippen LogP) is 2.43. The summed E-state index contributed by atoms with van der Waals surface area (Å²) in [6.45, 7) is 5.67. The summed E-state index contributed by atoms with van der Waals surface area (Å²) >= 11 is 0. The van der Waals surface area contributed by atoms with Gasteiger partial charge >= 0.3 is 0 Å². The molecule has 5 nitrogen and oxygen atoms in total. The largest absolute Gasteiger partial charge is 0.360 e. The van der Waals surface area contributed by atoms with Crippen LogP contribution in [0.5, 0.6) is 0 Å². The molecule has 0 bridgehead atoms. The number of ketones is 2. The summed E-state index contributed by atoms with van der Waals surface area (Å²) in [5.74, 6) is 0.619. The zero-order valence-electron chi connectivity index (χ0n) is 15.5. The summed E-state index contributed by atoms with van der Waals surface area (Å²) in [7, 11) is 0. The Hall–Kier alpha value is -1.04. The molecule has 0 aromatic carbocycles. The summed E-state index contributed by atoms with van der Waals surface area (Å²) in [4.78, 5) is 25.7. The number of carbonyl (C=O) groups excluding carboxylic acids is 2. The first-order valence-electron chi connectivity index (χ1n) is 10.1. The molecule has 1 spiro atoms. The van der Waals surface area contributed by atoms with E-state index >= 15 is 0 Å². The Balaban J connectivity index is 1.43. The third-order valence-electron chi connectivity index (χ3n) is 8.82. The first kappa shape index (κ1) is 16.0. The van der Waals surface area contributed by atoms with Gasteiger partial charge in [-0.15, -0.1) is 0 Å². The van der Waals surface area contributed by atoms with Gasteiger partial charge in [-0.2, -0.15) is 0 Å². The highest BCUT2D eigenvalue weighted by Gasteiger charge is 2.72. The third kappa shape index (κ3) is 1.61. The molecule has 0 radical (unpaired) electrons. The predicted molar refractivity (Wildman–Crippen MR) is 91.2 cm³/mol.